The molecule has 1 aromatic heterocycles. The standard InChI is InChI=1S/C12H18N2O4/c1-4-14(12(2,3)10(15)16)11(17)13-8-9-6-5-7-18-9/h5-7H,4,8H2,1-3H3,(H,13,17)(H,15,16). The van der Waals surface area contributed by atoms with Crippen LogP contribution in [0, 0.1) is 0 Å². The first-order chi connectivity index (χ1) is 8.39. The van der Waals surface area contributed by atoms with Crippen LogP contribution in [0.2, 0.25) is 0 Å². The number of aliphatic carboxylic acids is 1. The lowest BCUT2D eigenvalue weighted by Gasteiger charge is -2.34. The molecule has 6 nitrogen and oxygen atoms in total. The molecular weight excluding hydrogens is 236 g/mol. The molecule has 0 saturated heterocycles. The molecule has 2 N–H and O–H groups in total. The number of likely N-dealkylation sites (N-methyl/N-ethyl adjacent to an activating group) is 1. The minimum atomic E-state index is -1.25. The quantitative estimate of drug-likeness (QED) is 0.837. The Morgan fingerprint density at radius 3 is 2.61 bits per heavy atom. The zero-order valence-electron chi connectivity index (χ0n) is 10.8. The van der Waals surface area contributed by atoms with E-state index in [4.69, 9.17) is 9.52 Å². The van der Waals surface area contributed by atoms with E-state index in [-0.39, 0.29) is 6.54 Å². The lowest BCUT2D eigenvalue weighted by Crippen LogP contribution is -2.55. The molecule has 1 heterocycles. The Balaban J connectivity index is 2.65. The molecule has 0 bridgehead atoms. The number of furan rings is 1. The molecular formula is C12H18N2O4. The number of urea groups is 1. The van der Waals surface area contributed by atoms with Crippen LogP contribution in [0.1, 0.15) is 26.5 Å². The van der Waals surface area contributed by atoms with Crippen molar-refractivity contribution < 1.29 is 19.1 Å². The topological polar surface area (TPSA) is 82.8 Å². The lowest BCUT2D eigenvalue weighted by molar-refractivity contribution is -0.147. The van der Waals surface area contributed by atoms with Crippen molar-refractivity contribution in [2.24, 2.45) is 0 Å². The van der Waals surface area contributed by atoms with Crippen LogP contribution < -0.4 is 5.32 Å². The van der Waals surface area contributed by atoms with Gasteiger partial charge >= 0.3 is 12.0 Å². The van der Waals surface area contributed by atoms with Gasteiger partial charge in [0, 0.05) is 6.54 Å². The molecule has 0 unspecified atom stereocenters. The van der Waals surface area contributed by atoms with E-state index in [1.54, 1.807) is 19.1 Å². The summed E-state index contributed by atoms with van der Waals surface area (Å²) in [5, 5.41) is 11.7. The van der Waals surface area contributed by atoms with Crippen LogP contribution in [-0.4, -0.2) is 34.1 Å². The lowest BCUT2D eigenvalue weighted by atomic mass is 10.0. The molecule has 0 atom stereocenters. The third kappa shape index (κ3) is 3.03. The summed E-state index contributed by atoms with van der Waals surface area (Å²) in [4.78, 5) is 24.3. The Kier molecular flexibility index (Phi) is 4.36. The maximum absolute atomic E-state index is 11.9. The first-order valence-electron chi connectivity index (χ1n) is 5.70. The number of amides is 2. The van der Waals surface area contributed by atoms with Crippen molar-refractivity contribution in [1.82, 2.24) is 10.2 Å². The van der Waals surface area contributed by atoms with Gasteiger partial charge in [-0.2, -0.15) is 0 Å². The van der Waals surface area contributed by atoms with Gasteiger partial charge in [0.15, 0.2) is 0 Å². The predicted molar refractivity (Wildman–Crippen MR) is 65.0 cm³/mol. The Morgan fingerprint density at radius 2 is 2.17 bits per heavy atom. The molecule has 0 aliphatic heterocycles. The SMILES string of the molecule is CCN(C(=O)NCc1ccco1)C(C)(C)C(=O)O. The van der Waals surface area contributed by atoms with Crippen molar-refractivity contribution in [3.05, 3.63) is 24.2 Å². The summed E-state index contributed by atoms with van der Waals surface area (Å²) < 4.78 is 5.08. The second-order valence-electron chi connectivity index (χ2n) is 4.35. The fourth-order valence-electron chi connectivity index (χ4n) is 1.58. The summed E-state index contributed by atoms with van der Waals surface area (Å²) in [7, 11) is 0. The summed E-state index contributed by atoms with van der Waals surface area (Å²) in [6, 6.07) is 3.03. The molecule has 0 fully saturated rings. The van der Waals surface area contributed by atoms with Gasteiger partial charge in [-0.1, -0.05) is 0 Å². The molecule has 0 saturated carbocycles. The van der Waals surface area contributed by atoms with Crippen LogP contribution >= 0.6 is 0 Å². The minimum Gasteiger partial charge on any atom is -0.480 e. The molecule has 0 aliphatic carbocycles. The second kappa shape index (κ2) is 5.57. The summed E-state index contributed by atoms with van der Waals surface area (Å²) in [6.07, 6.45) is 1.51. The van der Waals surface area contributed by atoms with Gasteiger partial charge in [-0.25, -0.2) is 9.59 Å². The molecule has 0 spiro atoms. The summed E-state index contributed by atoms with van der Waals surface area (Å²) in [5.41, 5.74) is -1.25. The van der Waals surface area contributed by atoms with Crippen molar-refractivity contribution in [3.8, 4) is 0 Å². The van der Waals surface area contributed by atoms with E-state index in [0.29, 0.717) is 12.3 Å². The monoisotopic (exact) mass is 254 g/mol. The highest BCUT2D eigenvalue weighted by Crippen LogP contribution is 2.14. The van der Waals surface area contributed by atoms with Crippen LogP contribution in [0.15, 0.2) is 22.8 Å². The zero-order valence-corrected chi connectivity index (χ0v) is 10.8. The van der Waals surface area contributed by atoms with Crippen molar-refractivity contribution in [1.29, 1.82) is 0 Å². The van der Waals surface area contributed by atoms with Gasteiger partial charge in [0.05, 0.1) is 12.8 Å². The number of nitrogens with one attached hydrogen (secondary N) is 1. The van der Waals surface area contributed by atoms with E-state index in [1.807, 2.05) is 0 Å². The van der Waals surface area contributed by atoms with Gasteiger partial charge in [-0.05, 0) is 32.9 Å². The second-order valence-corrected chi connectivity index (χ2v) is 4.35. The molecule has 0 radical (unpaired) electrons. The van der Waals surface area contributed by atoms with Gasteiger partial charge in [0.25, 0.3) is 0 Å². The number of carboxylic acids is 1. The largest absolute Gasteiger partial charge is 0.480 e. The highest BCUT2D eigenvalue weighted by molar-refractivity contribution is 5.85. The minimum absolute atomic E-state index is 0.234. The highest BCUT2D eigenvalue weighted by Gasteiger charge is 2.36. The van der Waals surface area contributed by atoms with E-state index >= 15 is 0 Å². The van der Waals surface area contributed by atoms with Crippen molar-refractivity contribution >= 4 is 12.0 Å². The molecule has 1 aromatic rings. The number of carbonyl (C=O) groups excluding carboxylic acids is 1. The van der Waals surface area contributed by atoms with Crippen LogP contribution in [0.25, 0.3) is 0 Å². The van der Waals surface area contributed by atoms with Crippen molar-refractivity contribution in [2.45, 2.75) is 32.9 Å². The van der Waals surface area contributed by atoms with E-state index in [0.717, 1.165) is 0 Å². The number of nitrogens with zero attached hydrogens (tertiary/aromatic N) is 1. The summed E-state index contributed by atoms with van der Waals surface area (Å²) in [5.74, 6) is -0.426. The van der Waals surface area contributed by atoms with E-state index in [9.17, 15) is 9.59 Å². The maximum Gasteiger partial charge on any atom is 0.329 e. The maximum atomic E-state index is 11.9. The third-order valence-corrected chi connectivity index (χ3v) is 2.75. The number of hydrogen-bond acceptors (Lipinski definition) is 3. The van der Waals surface area contributed by atoms with Crippen LogP contribution in [0.3, 0.4) is 0 Å². The van der Waals surface area contributed by atoms with Gasteiger partial charge in [-0.3, -0.25) is 0 Å². The van der Waals surface area contributed by atoms with Crippen molar-refractivity contribution in [3.63, 3.8) is 0 Å². The molecule has 100 valence electrons. The average molecular weight is 254 g/mol. The molecule has 6 heteroatoms. The number of rotatable bonds is 5. The normalized spacial score (nSPS) is 11.1. The van der Waals surface area contributed by atoms with Crippen LogP contribution in [0.4, 0.5) is 4.79 Å². The zero-order chi connectivity index (χ0) is 13.8. The average Bonchev–Trinajstić information content (AvgIpc) is 2.79. The Morgan fingerprint density at radius 1 is 1.50 bits per heavy atom. The number of hydrogen-bond donors (Lipinski definition) is 2. The van der Waals surface area contributed by atoms with E-state index < -0.39 is 17.5 Å². The predicted octanol–water partition coefficient (Wildman–Crippen LogP) is 1.67. The Hall–Kier alpha value is -1.98. The number of carbonyl (C=O) groups is 2. The van der Waals surface area contributed by atoms with E-state index in [1.165, 1.54) is 25.0 Å². The van der Waals surface area contributed by atoms with Gasteiger partial charge < -0.3 is 19.7 Å². The Labute approximate surface area is 106 Å². The van der Waals surface area contributed by atoms with Gasteiger partial charge in [-0.15, -0.1) is 0 Å². The summed E-state index contributed by atoms with van der Waals surface area (Å²) >= 11 is 0. The number of carboxylic acid groups (broad SMARTS) is 1. The van der Waals surface area contributed by atoms with Gasteiger partial charge in [0.2, 0.25) is 0 Å². The fraction of sp³-hybridized carbons (Fsp3) is 0.500. The first kappa shape index (κ1) is 14.1. The molecule has 0 aliphatic rings. The molecule has 1 rings (SSSR count). The van der Waals surface area contributed by atoms with E-state index in [2.05, 4.69) is 5.32 Å². The Bertz CT molecular complexity index is 412. The van der Waals surface area contributed by atoms with Gasteiger partial charge in [0.1, 0.15) is 11.3 Å². The molecule has 2 amide bonds. The molecule has 0 aromatic carbocycles. The third-order valence-electron chi connectivity index (χ3n) is 2.75. The highest BCUT2D eigenvalue weighted by atomic mass is 16.4. The smallest absolute Gasteiger partial charge is 0.329 e. The fourth-order valence-corrected chi connectivity index (χ4v) is 1.58. The van der Waals surface area contributed by atoms with Crippen LogP contribution in [-0.2, 0) is 11.3 Å². The first-order valence-corrected chi connectivity index (χ1v) is 5.70. The van der Waals surface area contributed by atoms with Crippen molar-refractivity contribution in [2.75, 3.05) is 6.54 Å². The van der Waals surface area contributed by atoms with Crippen LogP contribution in [0.5, 0.6) is 0 Å². The summed E-state index contributed by atoms with van der Waals surface area (Å²) in [6.45, 7) is 5.26. The molecule has 18 heavy (non-hydrogen) atoms.